The fourth-order valence-electron chi connectivity index (χ4n) is 2.95. The molecule has 28 heavy (non-hydrogen) atoms. The predicted octanol–water partition coefficient (Wildman–Crippen LogP) is 5.08. The highest BCUT2D eigenvalue weighted by molar-refractivity contribution is 7.96. The average molecular weight is 382 g/mol. The van der Waals surface area contributed by atoms with Crippen molar-refractivity contribution in [1.29, 1.82) is 5.26 Å². The highest BCUT2D eigenvalue weighted by Crippen LogP contribution is 2.30. The molecule has 0 radical (unpaired) electrons. The van der Waals surface area contributed by atoms with Gasteiger partial charge in [0.1, 0.15) is 6.34 Å². The highest BCUT2D eigenvalue weighted by atomic mass is 32.2. The molecule has 3 aromatic carbocycles. The SMILES string of the molecule is N#Cc1ccccc1CSN1C=NC(c2ccccc2)=C(c2ccccc2)N1. The lowest BCUT2D eigenvalue weighted by atomic mass is 10.1. The van der Waals surface area contributed by atoms with Gasteiger partial charge in [0.25, 0.3) is 0 Å². The summed E-state index contributed by atoms with van der Waals surface area (Å²) in [6.07, 6.45) is 1.79. The molecule has 4 nitrogen and oxygen atoms in total. The zero-order chi connectivity index (χ0) is 19.2. The summed E-state index contributed by atoms with van der Waals surface area (Å²) in [5.74, 6) is 0.672. The Bertz CT molecular complexity index is 1050. The molecule has 1 aliphatic heterocycles. The van der Waals surface area contributed by atoms with Gasteiger partial charge in [-0.15, -0.1) is 0 Å². The summed E-state index contributed by atoms with van der Waals surface area (Å²) in [7, 11) is 0. The molecule has 0 unspecified atom stereocenters. The Kier molecular flexibility index (Phi) is 5.41. The van der Waals surface area contributed by atoms with Gasteiger partial charge in [0.2, 0.25) is 0 Å². The van der Waals surface area contributed by atoms with Crippen LogP contribution in [0.3, 0.4) is 0 Å². The minimum atomic E-state index is 0.672. The maximum atomic E-state index is 9.28. The van der Waals surface area contributed by atoms with E-state index >= 15 is 0 Å². The van der Waals surface area contributed by atoms with Crippen molar-refractivity contribution in [2.24, 2.45) is 4.99 Å². The van der Waals surface area contributed by atoms with Crippen LogP contribution in [0, 0.1) is 11.3 Å². The molecule has 0 amide bonds. The van der Waals surface area contributed by atoms with Crippen molar-refractivity contribution in [1.82, 2.24) is 9.84 Å². The van der Waals surface area contributed by atoms with Gasteiger partial charge in [-0.25, -0.2) is 9.41 Å². The number of hydrogen-bond donors (Lipinski definition) is 1. The summed E-state index contributed by atoms with van der Waals surface area (Å²) in [4.78, 5) is 4.73. The van der Waals surface area contributed by atoms with Crippen molar-refractivity contribution in [2.75, 3.05) is 0 Å². The van der Waals surface area contributed by atoms with Crippen LogP contribution in [0.4, 0.5) is 0 Å². The molecule has 0 aliphatic carbocycles. The topological polar surface area (TPSA) is 51.4 Å². The van der Waals surface area contributed by atoms with Gasteiger partial charge in [-0.2, -0.15) is 5.26 Å². The molecule has 1 aliphatic rings. The zero-order valence-electron chi connectivity index (χ0n) is 15.1. The summed E-state index contributed by atoms with van der Waals surface area (Å²) in [6.45, 7) is 0. The van der Waals surface area contributed by atoms with Crippen molar-refractivity contribution in [3.8, 4) is 6.07 Å². The molecule has 4 rings (SSSR count). The van der Waals surface area contributed by atoms with E-state index in [9.17, 15) is 5.26 Å². The molecule has 1 heterocycles. The van der Waals surface area contributed by atoms with Gasteiger partial charge in [-0.05, 0) is 23.6 Å². The first-order valence-corrected chi connectivity index (χ1v) is 9.85. The number of nitrogens with one attached hydrogen (secondary N) is 1. The monoisotopic (exact) mass is 382 g/mol. The van der Waals surface area contributed by atoms with E-state index in [1.165, 1.54) is 0 Å². The van der Waals surface area contributed by atoms with Gasteiger partial charge >= 0.3 is 0 Å². The van der Waals surface area contributed by atoms with Crippen molar-refractivity contribution in [3.05, 3.63) is 107 Å². The van der Waals surface area contributed by atoms with E-state index in [1.807, 2.05) is 65.1 Å². The number of hydrogen-bond acceptors (Lipinski definition) is 5. The van der Waals surface area contributed by atoms with E-state index < -0.39 is 0 Å². The number of nitrogens with zero attached hydrogens (tertiary/aromatic N) is 3. The Morgan fingerprint density at radius 3 is 2.21 bits per heavy atom. The first-order valence-electron chi connectivity index (χ1n) is 8.91. The maximum Gasteiger partial charge on any atom is 0.123 e. The van der Waals surface area contributed by atoms with Gasteiger partial charge in [-0.1, -0.05) is 78.9 Å². The Morgan fingerprint density at radius 2 is 1.50 bits per heavy atom. The molecule has 0 atom stereocenters. The van der Waals surface area contributed by atoms with Crippen LogP contribution in [0.1, 0.15) is 22.3 Å². The van der Waals surface area contributed by atoms with E-state index in [0.717, 1.165) is 28.1 Å². The third-order valence-electron chi connectivity index (χ3n) is 4.36. The number of benzene rings is 3. The van der Waals surface area contributed by atoms with Crippen molar-refractivity contribution < 1.29 is 0 Å². The minimum Gasteiger partial charge on any atom is -0.285 e. The lowest BCUT2D eigenvalue weighted by Crippen LogP contribution is -2.33. The first-order chi connectivity index (χ1) is 13.8. The Labute approximate surface area is 169 Å². The van der Waals surface area contributed by atoms with Crippen LogP contribution < -0.4 is 5.43 Å². The number of aliphatic imine (C=N–C) groups is 1. The van der Waals surface area contributed by atoms with E-state index in [4.69, 9.17) is 4.99 Å². The van der Waals surface area contributed by atoms with Gasteiger partial charge in [0, 0.05) is 16.9 Å². The van der Waals surface area contributed by atoms with E-state index in [2.05, 4.69) is 35.8 Å². The van der Waals surface area contributed by atoms with E-state index in [0.29, 0.717) is 11.3 Å². The molecular weight excluding hydrogens is 364 g/mol. The molecular formula is C23H18N4S. The summed E-state index contributed by atoms with van der Waals surface area (Å²) in [5, 5.41) is 9.28. The second kappa shape index (κ2) is 8.47. The Balaban J connectivity index is 1.59. The second-order valence-electron chi connectivity index (χ2n) is 6.18. The average Bonchev–Trinajstić information content (AvgIpc) is 2.79. The number of hydrazine groups is 1. The van der Waals surface area contributed by atoms with Crippen molar-refractivity contribution >= 4 is 29.7 Å². The fraction of sp³-hybridized carbons (Fsp3) is 0.0435. The van der Waals surface area contributed by atoms with Crippen molar-refractivity contribution in [3.63, 3.8) is 0 Å². The summed E-state index contributed by atoms with van der Waals surface area (Å²) in [5.41, 5.74) is 9.16. The third-order valence-corrected chi connectivity index (χ3v) is 5.26. The molecule has 0 saturated heterocycles. The Morgan fingerprint density at radius 1 is 0.857 bits per heavy atom. The molecule has 1 N–H and O–H groups in total. The first kappa shape index (κ1) is 17.9. The normalized spacial score (nSPS) is 13.2. The maximum absolute atomic E-state index is 9.28. The molecule has 5 heteroatoms. The third kappa shape index (κ3) is 3.93. The van der Waals surface area contributed by atoms with Gasteiger partial charge < -0.3 is 0 Å². The molecule has 0 bridgehead atoms. The zero-order valence-corrected chi connectivity index (χ0v) is 15.9. The fourth-order valence-corrected chi connectivity index (χ4v) is 3.75. The highest BCUT2D eigenvalue weighted by Gasteiger charge is 2.18. The molecule has 136 valence electrons. The van der Waals surface area contributed by atoms with Crippen LogP contribution >= 0.6 is 11.9 Å². The molecule has 0 saturated carbocycles. The van der Waals surface area contributed by atoms with Crippen LogP contribution in [0.15, 0.2) is 89.9 Å². The van der Waals surface area contributed by atoms with Gasteiger partial charge in [0.15, 0.2) is 0 Å². The smallest absolute Gasteiger partial charge is 0.123 e. The largest absolute Gasteiger partial charge is 0.285 e. The lowest BCUT2D eigenvalue weighted by molar-refractivity contribution is 0.613. The molecule has 0 spiro atoms. The van der Waals surface area contributed by atoms with E-state index in [-0.39, 0.29) is 0 Å². The minimum absolute atomic E-state index is 0.672. The summed E-state index contributed by atoms with van der Waals surface area (Å²) < 4.78 is 1.89. The standard InChI is InChI=1S/C23H18N4S/c24-15-20-13-7-8-14-21(20)16-28-27-17-25-22(18-9-3-1-4-10-18)23(26-27)19-11-5-2-6-12-19/h1-14,17,26H,16H2. The van der Waals surface area contributed by atoms with E-state index in [1.54, 1.807) is 18.3 Å². The van der Waals surface area contributed by atoms with Crippen molar-refractivity contribution in [2.45, 2.75) is 5.75 Å². The van der Waals surface area contributed by atoms with Crippen LogP contribution in [-0.2, 0) is 5.75 Å². The number of nitriles is 1. The summed E-state index contributed by atoms with van der Waals surface area (Å²) in [6, 6.07) is 30.2. The van der Waals surface area contributed by atoms with Gasteiger partial charge in [-0.3, -0.25) is 5.43 Å². The van der Waals surface area contributed by atoms with Crippen LogP contribution in [-0.4, -0.2) is 10.8 Å². The van der Waals surface area contributed by atoms with Crippen LogP contribution in [0.5, 0.6) is 0 Å². The lowest BCUT2D eigenvalue weighted by Gasteiger charge is -2.27. The van der Waals surface area contributed by atoms with Gasteiger partial charge in [0.05, 0.1) is 23.0 Å². The molecule has 3 aromatic rings. The summed E-state index contributed by atoms with van der Waals surface area (Å²) >= 11 is 1.56. The molecule has 0 aromatic heterocycles. The van der Waals surface area contributed by atoms with Crippen LogP contribution in [0.2, 0.25) is 0 Å². The Hall–Kier alpha value is -3.49. The quantitative estimate of drug-likeness (QED) is 0.625. The van der Waals surface area contributed by atoms with Crippen LogP contribution in [0.25, 0.3) is 11.4 Å². The predicted molar refractivity (Wildman–Crippen MR) is 116 cm³/mol. The number of rotatable bonds is 5. The second-order valence-corrected chi connectivity index (χ2v) is 7.12. The molecule has 0 fully saturated rings.